The molecule has 0 fully saturated rings. The van der Waals surface area contributed by atoms with Crippen LogP contribution < -0.4 is 0 Å². The molecule has 0 aliphatic rings. The quantitative estimate of drug-likeness (QED) is 0.359. The normalized spacial score (nSPS) is 13.2. The van der Waals surface area contributed by atoms with Crippen molar-refractivity contribution in [2.45, 2.75) is 6.04 Å². The first-order chi connectivity index (χ1) is 8.03. The van der Waals surface area contributed by atoms with Crippen LogP contribution in [0.4, 0.5) is 0 Å². The summed E-state index contributed by atoms with van der Waals surface area (Å²) in [6.45, 7) is -1.97. The second kappa shape index (κ2) is 6.28. The van der Waals surface area contributed by atoms with E-state index in [1.165, 1.54) is 0 Å². The average molecular weight is 285 g/mol. The van der Waals surface area contributed by atoms with Gasteiger partial charge in [0.2, 0.25) is 0 Å². The van der Waals surface area contributed by atoms with Gasteiger partial charge in [0, 0.05) is 0 Å². The van der Waals surface area contributed by atoms with Crippen LogP contribution >= 0.6 is 0 Å². The van der Waals surface area contributed by atoms with Gasteiger partial charge in [0.15, 0.2) is 0 Å². The van der Waals surface area contributed by atoms with E-state index in [9.17, 15) is 22.8 Å². The van der Waals surface area contributed by atoms with E-state index >= 15 is 0 Å². The van der Waals surface area contributed by atoms with Crippen LogP contribution in [0.2, 0.25) is 0 Å². The highest BCUT2D eigenvalue weighted by atomic mass is 32.2. The van der Waals surface area contributed by atoms with Gasteiger partial charge in [-0.15, -0.1) is 0 Å². The summed E-state index contributed by atoms with van der Waals surface area (Å²) in [7, 11) is -4.69. The van der Waals surface area contributed by atoms with E-state index in [-0.39, 0.29) is 0 Å². The van der Waals surface area contributed by atoms with Gasteiger partial charge in [-0.1, -0.05) is 0 Å². The number of carboxylic acids is 3. The fourth-order valence-electron chi connectivity index (χ4n) is 1.16. The van der Waals surface area contributed by atoms with Gasteiger partial charge in [0.25, 0.3) is 10.1 Å². The Morgan fingerprint density at radius 2 is 1.39 bits per heavy atom. The first kappa shape index (κ1) is 16.3. The van der Waals surface area contributed by atoms with Crippen molar-refractivity contribution in [1.29, 1.82) is 0 Å². The van der Waals surface area contributed by atoms with Crippen molar-refractivity contribution in [3.8, 4) is 0 Å². The highest BCUT2D eigenvalue weighted by Crippen LogP contribution is 2.04. The Kier molecular flexibility index (Phi) is 5.68. The third-order valence-electron chi connectivity index (χ3n) is 1.77. The Labute approximate surface area is 101 Å². The highest BCUT2D eigenvalue weighted by Gasteiger charge is 2.32. The SMILES string of the molecule is O=C(O)CN(CC(=O)O)C(CS(=O)(=O)O)C(=O)O. The first-order valence-corrected chi connectivity index (χ1v) is 5.99. The summed E-state index contributed by atoms with van der Waals surface area (Å²) in [6.07, 6.45) is 0. The third kappa shape index (κ3) is 6.78. The number of aliphatic carboxylic acids is 3. The molecule has 4 N–H and O–H groups in total. The molecule has 0 aromatic heterocycles. The summed E-state index contributed by atoms with van der Waals surface area (Å²) in [5, 5.41) is 25.7. The molecule has 0 aliphatic heterocycles. The molecule has 18 heavy (non-hydrogen) atoms. The van der Waals surface area contributed by atoms with Crippen LogP contribution in [0.25, 0.3) is 0 Å². The minimum atomic E-state index is -4.69. The smallest absolute Gasteiger partial charge is 0.322 e. The van der Waals surface area contributed by atoms with Crippen LogP contribution in [0.15, 0.2) is 0 Å². The number of nitrogens with zero attached hydrogens (tertiary/aromatic N) is 1. The largest absolute Gasteiger partial charge is 0.480 e. The van der Waals surface area contributed by atoms with Gasteiger partial charge in [0.05, 0.1) is 13.1 Å². The van der Waals surface area contributed by atoms with Crippen molar-refractivity contribution < 1.29 is 42.7 Å². The van der Waals surface area contributed by atoms with Crippen molar-refractivity contribution in [1.82, 2.24) is 4.90 Å². The van der Waals surface area contributed by atoms with Gasteiger partial charge in [-0.2, -0.15) is 8.42 Å². The number of carboxylic acid groups (broad SMARTS) is 3. The highest BCUT2D eigenvalue weighted by molar-refractivity contribution is 7.85. The van der Waals surface area contributed by atoms with Gasteiger partial charge >= 0.3 is 17.9 Å². The second-order valence-electron chi connectivity index (χ2n) is 3.30. The van der Waals surface area contributed by atoms with E-state index in [0.717, 1.165) is 0 Å². The summed E-state index contributed by atoms with van der Waals surface area (Å²) in [5.74, 6) is -6.12. The standard InChI is InChI=1S/C7H11NO9S/c9-5(10)1-8(2-6(11)12)4(7(13)14)3-18(15,16)17/h4H,1-3H2,(H,9,10)(H,11,12)(H,13,14)(H,15,16,17). The zero-order chi connectivity index (χ0) is 14.5. The topological polar surface area (TPSA) is 170 Å². The van der Waals surface area contributed by atoms with Gasteiger partial charge in [-0.05, 0) is 0 Å². The number of hydrogen-bond donors (Lipinski definition) is 4. The molecule has 0 bridgehead atoms. The van der Waals surface area contributed by atoms with Crippen LogP contribution in [-0.4, -0.2) is 76.0 Å². The first-order valence-electron chi connectivity index (χ1n) is 4.38. The van der Waals surface area contributed by atoms with Crippen LogP contribution in [0.1, 0.15) is 0 Å². The molecular formula is C7H11NO9S. The summed E-state index contributed by atoms with van der Waals surface area (Å²) in [5.41, 5.74) is 0. The maximum Gasteiger partial charge on any atom is 0.322 e. The molecule has 0 spiro atoms. The molecule has 104 valence electrons. The summed E-state index contributed by atoms with van der Waals surface area (Å²) in [4.78, 5) is 32.1. The summed E-state index contributed by atoms with van der Waals surface area (Å²) in [6, 6.07) is -1.97. The van der Waals surface area contributed by atoms with Crippen molar-refractivity contribution in [3.63, 3.8) is 0 Å². The molecule has 11 heteroatoms. The molecule has 0 saturated heterocycles. The lowest BCUT2D eigenvalue weighted by molar-refractivity contribution is -0.148. The molecule has 0 amide bonds. The monoisotopic (exact) mass is 285 g/mol. The molecule has 0 radical (unpaired) electrons. The van der Waals surface area contributed by atoms with Crippen molar-refractivity contribution >= 4 is 28.0 Å². The number of rotatable bonds is 8. The minimum absolute atomic E-state index is 0.404. The molecule has 0 saturated carbocycles. The lowest BCUT2D eigenvalue weighted by Crippen LogP contribution is -2.49. The Bertz CT molecular complexity index is 426. The van der Waals surface area contributed by atoms with Crippen LogP contribution in [0.3, 0.4) is 0 Å². The van der Waals surface area contributed by atoms with Crippen molar-refractivity contribution in [2.75, 3.05) is 18.8 Å². The Hall–Kier alpha value is -1.72. The number of hydrogen-bond acceptors (Lipinski definition) is 6. The Balaban J connectivity index is 5.14. The maximum absolute atomic E-state index is 10.8. The van der Waals surface area contributed by atoms with E-state index in [0.29, 0.717) is 4.90 Å². The molecule has 0 aromatic carbocycles. The van der Waals surface area contributed by atoms with E-state index in [1.54, 1.807) is 0 Å². The fraction of sp³-hybridized carbons (Fsp3) is 0.571. The Morgan fingerprint density at radius 1 is 1.00 bits per heavy atom. The van der Waals surface area contributed by atoms with E-state index in [4.69, 9.17) is 19.9 Å². The fourth-order valence-corrected chi connectivity index (χ4v) is 1.91. The van der Waals surface area contributed by atoms with Crippen LogP contribution in [0.5, 0.6) is 0 Å². The van der Waals surface area contributed by atoms with Gasteiger partial charge < -0.3 is 15.3 Å². The Morgan fingerprint density at radius 3 is 1.61 bits per heavy atom. The van der Waals surface area contributed by atoms with E-state index in [2.05, 4.69) is 0 Å². The van der Waals surface area contributed by atoms with Crippen LogP contribution in [-0.2, 0) is 24.5 Å². The molecular weight excluding hydrogens is 274 g/mol. The summed E-state index contributed by atoms with van der Waals surface area (Å²) >= 11 is 0. The predicted octanol–water partition coefficient (Wildman–Crippen LogP) is -2.20. The molecule has 0 heterocycles. The molecule has 0 rings (SSSR count). The van der Waals surface area contributed by atoms with Crippen LogP contribution in [0, 0.1) is 0 Å². The molecule has 0 aromatic rings. The number of carbonyl (C=O) groups is 3. The molecule has 10 nitrogen and oxygen atoms in total. The maximum atomic E-state index is 10.8. The van der Waals surface area contributed by atoms with Gasteiger partial charge in [0.1, 0.15) is 11.8 Å². The van der Waals surface area contributed by atoms with E-state index < -0.39 is 52.9 Å². The second-order valence-corrected chi connectivity index (χ2v) is 4.79. The third-order valence-corrected chi connectivity index (χ3v) is 2.51. The average Bonchev–Trinajstić information content (AvgIpc) is 2.09. The van der Waals surface area contributed by atoms with E-state index in [1.807, 2.05) is 0 Å². The zero-order valence-corrected chi connectivity index (χ0v) is 9.70. The van der Waals surface area contributed by atoms with Gasteiger partial charge in [-0.3, -0.25) is 23.8 Å². The lowest BCUT2D eigenvalue weighted by Gasteiger charge is -2.24. The molecule has 1 unspecified atom stereocenters. The van der Waals surface area contributed by atoms with Crippen molar-refractivity contribution in [3.05, 3.63) is 0 Å². The molecule has 1 atom stereocenters. The van der Waals surface area contributed by atoms with Crippen molar-refractivity contribution in [2.24, 2.45) is 0 Å². The lowest BCUT2D eigenvalue weighted by atomic mass is 10.2. The van der Waals surface area contributed by atoms with Gasteiger partial charge in [-0.25, -0.2) is 0 Å². The minimum Gasteiger partial charge on any atom is -0.480 e. The zero-order valence-electron chi connectivity index (χ0n) is 8.88. The summed E-state index contributed by atoms with van der Waals surface area (Å²) < 4.78 is 29.7. The predicted molar refractivity (Wildman–Crippen MR) is 54.7 cm³/mol. The molecule has 0 aliphatic carbocycles.